The second-order valence-electron chi connectivity index (χ2n) is 4.67. The molecule has 1 N–H and O–H groups in total. The fourth-order valence-electron chi connectivity index (χ4n) is 2.24. The molecule has 92 valence electrons. The summed E-state index contributed by atoms with van der Waals surface area (Å²) in [6.07, 6.45) is 2.33. The summed E-state index contributed by atoms with van der Waals surface area (Å²) < 4.78 is 0. The second-order valence-corrected chi connectivity index (χ2v) is 4.67. The molecule has 0 aliphatic rings. The lowest BCUT2D eigenvalue weighted by atomic mass is 9.95. The molecular weight excluding hydrogens is 208 g/mol. The molecule has 0 saturated heterocycles. The molecule has 1 atom stereocenters. The van der Waals surface area contributed by atoms with Crippen LogP contribution >= 0.6 is 0 Å². The number of hydrogen-bond donors (Lipinski definition) is 1. The third-order valence-corrected chi connectivity index (χ3v) is 3.43. The van der Waals surface area contributed by atoms with E-state index in [2.05, 4.69) is 32.2 Å². The van der Waals surface area contributed by atoms with Crippen LogP contribution in [0.15, 0.2) is 18.2 Å². The van der Waals surface area contributed by atoms with Gasteiger partial charge < -0.3 is 5.32 Å². The predicted molar refractivity (Wildman–Crippen MR) is 73.1 cm³/mol. The number of hydrogen-bond acceptors (Lipinski definition) is 2. The topological polar surface area (TPSA) is 35.8 Å². The molecule has 0 aromatic heterocycles. The van der Waals surface area contributed by atoms with Crippen molar-refractivity contribution in [2.24, 2.45) is 5.92 Å². The number of aryl methyl sites for hydroxylation is 1. The normalized spacial score (nSPS) is 12.2. The Morgan fingerprint density at radius 3 is 2.47 bits per heavy atom. The Bertz CT molecular complexity index is 400. The van der Waals surface area contributed by atoms with E-state index in [0.29, 0.717) is 12.0 Å². The summed E-state index contributed by atoms with van der Waals surface area (Å²) in [6, 6.07) is 8.64. The van der Waals surface area contributed by atoms with E-state index in [1.165, 1.54) is 12.8 Å². The van der Waals surface area contributed by atoms with Crippen LogP contribution < -0.4 is 5.32 Å². The number of anilines is 1. The lowest BCUT2D eigenvalue weighted by Crippen LogP contribution is -2.25. The standard InChI is InChI=1S/C15H22N2/c1-5-13(6-2)12(4)17-15-8-7-11(3)9-14(15)10-16/h7-9,12-13,17H,5-6H2,1-4H3. The van der Waals surface area contributed by atoms with E-state index in [1.807, 2.05) is 25.1 Å². The molecule has 0 heterocycles. The van der Waals surface area contributed by atoms with Crippen molar-refractivity contribution < 1.29 is 0 Å². The van der Waals surface area contributed by atoms with Crippen LogP contribution in [-0.4, -0.2) is 6.04 Å². The van der Waals surface area contributed by atoms with E-state index in [0.717, 1.165) is 16.8 Å². The van der Waals surface area contributed by atoms with E-state index in [1.54, 1.807) is 0 Å². The zero-order chi connectivity index (χ0) is 12.8. The first-order chi connectivity index (χ1) is 8.12. The molecule has 0 amide bonds. The molecule has 1 aromatic carbocycles. The molecule has 17 heavy (non-hydrogen) atoms. The van der Waals surface area contributed by atoms with Gasteiger partial charge in [0.05, 0.1) is 11.3 Å². The summed E-state index contributed by atoms with van der Waals surface area (Å²) in [5.74, 6) is 0.655. The largest absolute Gasteiger partial charge is 0.381 e. The van der Waals surface area contributed by atoms with Crippen LogP contribution in [0.1, 0.15) is 44.7 Å². The molecule has 0 bridgehead atoms. The van der Waals surface area contributed by atoms with Gasteiger partial charge in [0.25, 0.3) is 0 Å². The van der Waals surface area contributed by atoms with Gasteiger partial charge in [0.1, 0.15) is 6.07 Å². The van der Waals surface area contributed by atoms with E-state index in [4.69, 9.17) is 5.26 Å². The molecule has 0 saturated carbocycles. The van der Waals surface area contributed by atoms with Crippen LogP contribution in [0.25, 0.3) is 0 Å². The van der Waals surface area contributed by atoms with Crippen LogP contribution in [0.2, 0.25) is 0 Å². The van der Waals surface area contributed by atoms with Crippen molar-refractivity contribution in [1.29, 1.82) is 5.26 Å². The first-order valence-corrected chi connectivity index (χ1v) is 6.39. The third-order valence-electron chi connectivity index (χ3n) is 3.43. The number of nitriles is 1. The fraction of sp³-hybridized carbons (Fsp3) is 0.533. The molecule has 1 aromatic rings. The quantitative estimate of drug-likeness (QED) is 0.826. The SMILES string of the molecule is CCC(CC)C(C)Nc1ccc(C)cc1C#N. The number of benzene rings is 1. The minimum absolute atomic E-state index is 0.403. The van der Waals surface area contributed by atoms with E-state index in [-0.39, 0.29) is 0 Å². The highest BCUT2D eigenvalue weighted by molar-refractivity contribution is 5.59. The van der Waals surface area contributed by atoms with Crippen LogP contribution in [-0.2, 0) is 0 Å². The van der Waals surface area contributed by atoms with Gasteiger partial charge in [-0.2, -0.15) is 5.26 Å². The summed E-state index contributed by atoms with van der Waals surface area (Å²) in [7, 11) is 0. The van der Waals surface area contributed by atoms with Crippen LogP contribution in [0.3, 0.4) is 0 Å². The summed E-state index contributed by atoms with van der Waals surface area (Å²) in [5, 5.41) is 12.6. The first-order valence-electron chi connectivity index (χ1n) is 6.39. The summed E-state index contributed by atoms with van der Waals surface area (Å²) >= 11 is 0. The summed E-state index contributed by atoms with van der Waals surface area (Å²) in [5.41, 5.74) is 2.82. The van der Waals surface area contributed by atoms with Gasteiger partial charge in [-0.1, -0.05) is 32.8 Å². The lowest BCUT2D eigenvalue weighted by Gasteiger charge is -2.24. The molecule has 2 nitrogen and oxygen atoms in total. The van der Waals surface area contributed by atoms with Gasteiger partial charge in [-0.3, -0.25) is 0 Å². The molecule has 0 aliphatic carbocycles. The Morgan fingerprint density at radius 1 is 1.29 bits per heavy atom. The summed E-state index contributed by atoms with van der Waals surface area (Å²) in [4.78, 5) is 0. The molecule has 1 rings (SSSR count). The Morgan fingerprint density at radius 2 is 1.94 bits per heavy atom. The Balaban J connectivity index is 2.85. The third kappa shape index (κ3) is 3.49. The Kier molecular flexibility index (Phi) is 5.03. The molecule has 1 unspecified atom stereocenters. The molecule has 2 heteroatoms. The van der Waals surface area contributed by atoms with Crippen molar-refractivity contribution in [3.63, 3.8) is 0 Å². The van der Waals surface area contributed by atoms with Gasteiger partial charge in [-0.15, -0.1) is 0 Å². The number of rotatable bonds is 5. The van der Waals surface area contributed by atoms with Gasteiger partial charge in [-0.05, 0) is 37.5 Å². The summed E-state index contributed by atoms with van der Waals surface area (Å²) in [6.45, 7) is 8.63. The van der Waals surface area contributed by atoms with Crippen molar-refractivity contribution in [3.05, 3.63) is 29.3 Å². The lowest BCUT2D eigenvalue weighted by molar-refractivity contribution is 0.438. The molecule has 0 radical (unpaired) electrons. The highest BCUT2D eigenvalue weighted by atomic mass is 14.9. The average molecular weight is 230 g/mol. The molecular formula is C15H22N2. The van der Waals surface area contributed by atoms with Gasteiger partial charge in [0.2, 0.25) is 0 Å². The van der Waals surface area contributed by atoms with Gasteiger partial charge >= 0.3 is 0 Å². The first kappa shape index (κ1) is 13.6. The second kappa shape index (κ2) is 6.30. The van der Waals surface area contributed by atoms with Gasteiger partial charge in [0, 0.05) is 6.04 Å². The van der Waals surface area contributed by atoms with Crippen LogP contribution in [0.4, 0.5) is 5.69 Å². The van der Waals surface area contributed by atoms with Crippen molar-refractivity contribution in [2.75, 3.05) is 5.32 Å². The number of nitrogens with one attached hydrogen (secondary N) is 1. The molecule has 0 fully saturated rings. The predicted octanol–water partition coefficient (Wildman–Crippen LogP) is 4.10. The van der Waals surface area contributed by atoms with Crippen molar-refractivity contribution in [2.45, 2.75) is 46.6 Å². The Labute approximate surface area is 105 Å². The minimum atomic E-state index is 0.403. The smallest absolute Gasteiger partial charge is 0.101 e. The highest BCUT2D eigenvalue weighted by Gasteiger charge is 2.14. The highest BCUT2D eigenvalue weighted by Crippen LogP contribution is 2.21. The maximum Gasteiger partial charge on any atom is 0.101 e. The van der Waals surface area contributed by atoms with Gasteiger partial charge in [-0.25, -0.2) is 0 Å². The van der Waals surface area contributed by atoms with Gasteiger partial charge in [0.15, 0.2) is 0 Å². The van der Waals surface area contributed by atoms with Crippen LogP contribution in [0.5, 0.6) is 0 Å². The Hall–Kier alpha value is -1.49. The maximum atomic E-state index is 9.12. The zero-order valence-corrected chi connectivity index (χ0v) is 11.2. The van der Waals surface area contributed by atoms with E-state index in [9.17, 15) is 0 Å². The van der Waals surface area contributed by atoms with Crippen molar-refractivity contribution in [3.8, 4) is 6.07 Å². The van der Waals surface area contributed by atoms with Crippen molar-refractivity contribution in [1.82, 2.24) is 0 Å². The average Bonchev–Trinajstić information content (AvgIpc) is 2.33. The zero-order valence-electron chi connectivity index (χ0n) is 11.2. The van der Waals surface area contributed by atoms with E-state index < -0.39 is 0 Å². The minimum Gasteiger partial charge on any atom is -0.381 e. The fourth-order valence-corrected chi connectivity index (χ4v) is 2.24. The maximum absolute atomic E-state index is 9.12. The number of nitrogens with zero attached hydrogens (tertiary/aromatic N) is 1. The van der Waals surface area contributed by atoms with Crippen molar-refractivity contribution >= 4 is 5.69 Å². The molecule has 0 spiro atoms. The van der Waals surface area contributed by atoms with E-state index >= 15 is 0 Å². The monoisotopic (exact) mass is 230 g/mol. The molecule has 0 aliphatic heterocycles. The van der Waals surface area contributed by atoms with Crippen LogP contribution in [0, 0.1) is 24.2 Å².